The lowest BCUT2D eigenvalue weighted by Crippen LogP contribution is -2.39. The first-order valence-electron chi connectivity index (χ1n) is 9.06. The SMILES string of the molecule is Cc1cc(C)n([C@@H]2CCN(CCC(=O)N3CCC(C)CC3)C2)n1. The van der Waals surface area contributed by atoms with Gasteiger partial charge in [0.1, 0.15) is 0 Å². The summed E-state index contributed by atoms with van der Waals surface area (Å²) >= 11 is 0. The number of carbonyl (C=O) groups is 1. The van der Waals surface area contributed by atoms with E-state index in [0.29, 0.717) is 18.4 Å². The van der Waals surface area contributed by atoms with Crippen molar-refractivity contribution in [1.29, 1.82) is 0 Å². The van der Waals surface area contributed by atoms with E-state index in [4.69, 9.17) is 0 Å². The fourth-order valence-corrected chi connectivity index (χ4v) is 3.90. The van der Waals surface area contributed by atoms with E-state index in [1.54, 1.807) is 0 Å². The molecular weight excluding hydrogens is 288 g/mol. The first kappa shape index (κ1) is 16.5. The van der Waals surface area contributed by atoms with Crippen LogP contribution in [0.3, 0.4) is 0 Å². The van der Waals surface area contributed by atoms with Crippen LogP contribution in [0, 0.1) is 19.8 Å². The average molecular weight is 318 g/mol. The van der Waals surface area contributed by atoms with Crippen molar-refractivity contribution < 1.29 is 4.79 Å². The third-order valence-corrected chi connectivity index (χ3v) is 5.42. The standard InChI is InChI=1S/C18H30N4O/c1-14-4-10-21(11-5-14)18(23)7-9-20-8-6-17(13-20)22-16(3)12-15(2)19-22/h12,14,17H,4-11,13H2,1-3H3/t17-/m1/s1. The Kier molecular flexibility index (Phi) is 5.05. The summed E-state index contributed by atoms with van der Waals surface area (Å²) in [5, 5.41) is 4.62. The second kappa shape index (κ2) is 7.04. The lowest BCUT2D eigenvalue weighted by molar-refractivity contribution is -0.132. The molecule has 0 saturated carbocycles. The summed E-state index contributed by atoms with van der Waals surface area (Å²) in [6.45, 7) is 11.4. The highest BCUT2D eigenvalue weighted by molar-refractivity contribution is 5.76. The van der Waals surface area contributed by atoms with Gasteiger partial charge in [0.2, 0.25) is 5.91 Å². The maximum atomic E-state index is 12.4. The average Bonchev–Trinajstić information content (AvgIpc) is 3.11. The second-order valence-electron chi connectivity index (χ2n) is 7.43. The fraction of sp³-hybridized carbons (Fsp3) is 0.778. The van der Waals surface area contributed by atoms with Crippen LogP contribution in [0.4, 0.5) is 0 Å². The number of likely N-dealkylation sites (tertiary alicyclic amines) is 2. The Labute approximate surface area is 139 Å². The second-order valence-corrected chi connectivity index (χ2v) is 7.43. The molecule has 3 heterocycles. The number of aromatic nitrogens is 2. The molecule has 3 rings (SSSR count). The van der Waals surface area contributed by atoms with Gasteiger partial charge in [-0.3, -0.25) is 9.48 Å². The largest absolute Gasteiger partial charge is 0.343 e. The summed E-state index contributed by atoms with van der Waals surface area (Å²) in [4.78, 5) is 16.8. The number of piperidine rings is 1. The lowest BCUT2D eigenvalue weighted by Gasteiger charge is -2.30. The van der Waals surface area contributed by atoms with Gasteiger partial charge in [-0.15, -0.1) is 0 Å². The number of carbonyl (C=O) groups excluding carboxylic acids is 1. The van der Waals surface area contributed by atoms with Crippen LogP contribution in [0.1, 0.15) is 50.0 Å². The monoisotopic (exact) mass is 318 g/mol. The van der Waals surface area contributed by atoms with E-state index in [9.17, 15) is 4.79 Å². The molecule has 128 valence electrons. The molecule has 1 aromatic heterocycles. The van der Waals surface area contributed by atoms with Crippen molar-refractivity contribution >= 4 is 5.91 Å². The van der Waals surface area contributed by atoms with Crippen LogP contribution in [0.5, 0.6) is 0 Å². The molecular formula is C18H30N4O. The summed E-state index contributed by atoms with van der Waals surface area (Å²) in [5.41, 5.74) is 2.34. The Balaban J connectivity index is 1.45. The molecule has 1 amide bonds. The Morgan fingerprint density at radius 1 is 1.22 bits per heavy atom. The molecule has 0 N–H and O–H groups in total. The topological polar surface area (TPSA) is 41.4 Å². The third kappa shape index (κ3) is 3.94. The van der Waals surface area contributed by atoms with E-state index >= 15 is 0 Å². The van der Waals surface area contributed by atoms with Gasteiger partial charge in [-0.1, -0.05) is 6.92 Å². The highest BCUT2D eigenvalue weighted by Crippen LogP contribution is 2.23. The normalized spacial score (nSPS) is 23.6. The van der Waals surface area contributed by atoms with Crippen LogP contribution in [-0.2, 0) is 4.79 Å². The van der Waals surface area contributed by atoms with Crippen LogP contribution in [-0.4, -0.2) is 58.2 Å². The molecule has 0 bridgehead atoms. The van der Waals surface area contributed by atoms with E-state index in [0.717, 1.165) is 63.6 Å². The van der Waals surface area contributed by atoms with Gasteiger partial charge in [0, 0.05) is 44.8 Å². The van der Waals surface area contributed by atoms with Crippen LogP contribution < -0.4 is 0 Å². The van der Waals surface area contributed by atoms with Gasteiger partial charge >= 0.3 is 0 Å². The molecule has 0 aliphatic carbocycles. The highest BCUT2D eigenvalue weighted by Gasteiger charge is 2.27. The predicted molar refractivity (Wildman–Crippen MR) is 91.4 cm³/mol. The van der Waals surface area contributed by atoms with Crippen LogP contribution >= 0.6 is 0 Å². The molecule has 0 radical (unpaired) electrons. The molecule has 0 spiro atoms. The van der Waals surface area contributed by atoms with Crippen LogP contribution in [0.15, 0.2) is 6.07 Å². The summed E-state index contributed by atoms with van der Waals surface area (Å²) in [6, 6.07) is 2.61. The quantitative estimate of drug-likeness (QED) is 0.856. The Morgan fingerprint density at radius 3 is 2.61 bits per heavy atom. The molecule has 1 atom stereocenters. The zero-order valence-corrected chi connectivity index (χ0v) is 14.8. The minimum Gasteiger partial charge on any atom is -0.343 e. The van der Waals surface area contributed by atoms with Crippen molar-refractivity contribution in [1.82, 2.24) is 19.6 Å². The zero-order valence-electron chi connectivity index (χ0n) is 14.8. The third-order valence-electron chi connectivity index (χ3n) is 5.42. The lowest BCUT2D eigenvalue weighted by atomic mass is 9.99. The highest BCUT2D eigenvalue weighted by atomic mass is 16.2. The first-order chi connectivity index (χ1) is 11.0. The molecule has 0 aromatic carbocycles. The van der Waals surface area contributed by atoms with Gasteiger partial charge in [0.15, 0.2) is 0 Å². The Hall–Kier alpha value is -1.36. The number of hydrogen-bond acceptors (Lipinski definition) is 3. The number of rotatable bonds is 4. The van der Waals surface area contributed by atoms with Gasteiger partial charge in [0.25, 0.3) is 0 Å². The number of aryl methyl sites for hydroxylation is 2. The van der Waals surface area contributed by atoms with Crippen molar-refractivity contribution in [2.24, 2.45) is 5.92 Å². The molecule has 5 heteroatoms. The van der Waals surface area contributed by atoms with E-state index in [1.165, 1.54) is 5.69 Å². The Morgan fingerprint density at radius 2 is 1.96 bits per heavy atom. The zero-order chi connectivity index (χ0) is 16.4. The van der Waals surface area contributed by atoms with E-state index in [-0.39, 0.29) is 0 Å². The van der Waals surface area contributed by atoms with Gasteiger partial charge < -0.3 is 9.80 Å². The summed E-state index contributed by atoms with van der Waals surface area (Å²) in [6.07, 6.45) is 4.13. The molecule has 2 aliphatic rings. The predicted octanol–water partition coefficient (Wildman–Crippen LogP) is 2.40. The molecule has 1 aromatic rings. The van der Waals surface area contributed by atoms with Crippen molar-refractivity contribution in [3.05, 3.63) is 17.5 Å². The molecule has 23 heavy (non-hydrogen) atoms. The van der Waals surface area contributed by atoms with E-state index in [1.807, 2.05) is 6.92 Å². The van der Waals surface area contributed by atoms with E-state index < -0.39 is 0 Å². The van der Waals surface area contributed by atoms with E-state index in [2.05, 4.69) is 39.5 Å². The van der Waals surface area contributed by atoms with Crippen molar-refractivity contribution in [3.8, 4) is 0 Å². The number of hydrogen-bond donors (Lipinski definition) is 0. The maximum absolute atomic E-state index is 12.4. The molecule has 2 aliphatic heterocycles. The smallest absolute Gasteiger partial charge is 0.223 e. The van der Waals surface area contributed by atoms with Gasteiger partial charge in [-0.2, -0.15) is 5.10 Å². The summed E-state index contributed by atoms with van der Waals surface area (Å²) < 4.78 is 2.17. The van der Waals surface area contributed by atoms with Crippen molar-refractivity contribution in [2.75, 3.05) is 32.7 Å². The summed E-state index contributed by atoms with van der Waals surface area (Å²) in [7, 11) is 0. The molecule has 5 nitrogen and oxygen atoms in total. The van der Waals surface area contributed by atoms with Crippen molar-refractivity contribution in [3.63, 3.8) is 0 Å². The minimum absolute atomic E-state index is 0.339. The molecule has 2 saturated heterocycles. The number of nitrogens with zero attached hydrogens (tertiary/aromatic N) is 4. The Bertz CT molecular complexity index is 545. The first-order valence-corrected chi connectivity index (χ1v) is 9.06. The maximum Gasteiger partial charge on any atom is 0.223 e. The van der Waals surface area contributed by atoms with Gasteiger partial charge in [0.05, 0.1) is 11.7 Å². The molecule has 2 fully saturated rings. The fourth-order valence-electron chi connectivity index (χ4n) is 3.90. The van der Waals surface area contributed by atoms with Crippen molar-refractivity contribution in [2.45, 2.75) is 52.5 Å². The van der Waals surface area contributed by atoms with Gasteiger partial charge in [-0.25, -0.2) is 0 Å². The van der Waals surface area contributed by atoms with Crippen LogP contribution in [0.25, 0.3) is 0 Å². The summed E-state index contributed by atoms with van der Waals surface area (Å²) in [5.74, 6) is 1.12. The van der Waals surface area contributed by atoms with Gasteiger partial charge in [-0.05, 0) is 45.1 Å². The van der Waals surface area contributed by atoms with Crippen LogP contribution in [0.2, 0.25) is 0 Å². The number of amides is 1. The minimum atomic E-state index is 0.339. The molecule has 0 unspecified atom stereocenters.